The normalized spacial score (nSPS) is 11.8. The van der Waals surface area contributed by atoms with E-state index in [1.165, 1.54) is 5.56 Å². The Morgan fingerprint density at radius 3 is 2.38 bits per heavy atom. The van der Waals surface area contributed by atoms with Crippen molar-refractivity contribution in [2.75, 3.05) is 13.6 Å². The zero-order chi connectivity index (χ0) is 12.2. The molecule has 0 saturated heterocycles. The molecular weight excluding hydrogens is 202 g/mol. The molecular formula is C13H19NO2. The van der Waals surface area contributed by atoms with Crippen molar-refractivity contribution in [3.8, 4) is 0 Å². The van der Waals surface area contributed by atoms with Gasteiger partial charge < -0.3 is 5.11 Å². The van der Waals surface area contributed by atoms with Crippen LogP contribution in [0.4, 0.5) is 0 Å². The summed E-state index contributed by atoms with van der Waals surface area (Å²) in [6.45, 7) is 4.18. The molecule has 1 aromatic rings. The lowest BCUT2D eigenvalue weighted by Gasteiger charge is -2.31. The van der Waals surface area contributed by atoms with Gasteiger partial charge >= 0.3 is 5.97 Å². The number of hydrogen-bond donors (Lipinski definition) is 1. The van der Waals surface area contributed by atoms with Gasteiger partial charge in [0.05, 0.1) is 0 Å². The first-order valence-corrected chi connectivity index (χ1v) is 5.43. The molecule has 1 rings (SSSR count). The minimum absolute atomic E-state index is 0.739. The molecule has 0 atom stereocenters. The average molecular weight is 221 g/mol. The van der Waals surface area contributed by atoms with Gasteiger partial charge in [-0.3, -0.25) is 9.69 Å². The molecule has 16 heavy (non-hydrogen) atoms. The Labute approximate surface area is 96.7 Å². The predicted molar refractivity (Wildman–Crippen MR) is 64.5 cm³/mol. The van der Waals surface area contributed by atoms with Gasteiger partial charge in [0.15, 0.2) is 0 Å². The van der Waals surface area contributed by atoms with Crippen LogP contribution in [0.2, 0.25) is 0 Å². The van der Waals surface area contributed by atoms with Crippen LogP contribution in [0.5, 0.6) is 0 Å². The van der Waals surface area contributed by atoms with Gasteiger partial charge in [0.1, 0.15) is 5.54 Å². The van der Waals surface area contributed by atoms with Crippen LogP contribution in [-0.4, -0.2) is 35.1 Å². The summed E-state index contributed by atoms with van der Waals surface area (Å²) < 4.78 is 0. The summed E-state index contributed by atoms with van der Waals surface area (Å²) in [4.78, 5) is 12.9. The Morgan fingerprint density at radius 2 is 1.88 bits per heavy atom. The molecule has 0 unspecified atom stereocenters. The van der Waals surface area contributed by atoms with E-state index < -0.39 is 11.5 Å². The second-order valence-electron chi connectivity index (χ2n) is 4.52. The number of nitrogens with zero attached hydrogens (tertiary/aromatic N) is 1. The summed E-state index contributed by atoms with van der Waals surface area (Å²) in [7, 11) is 1.84. The highest BCUT2D eigenvalue weighted by atomic mass is 16.4. The van der Waals surface area contributed by atoms with Gasteiger partial charge in [-0.2, -0.15) is 0 Å². The Bertz CT molecular complexity index is 346. The van der Waals surface area contributed by atoms with Crippen LogP contribution in [0, 0.1) is 0 Å². The molecule has 88 valence electrons. The average Bonchev–Trinajstić information content (AvgIpc) is 2.27. The maximum atomic E-state index is 11.0. The maximum absolute atomic E-state index is 11.0. The molecule has 0 radical (unpaired) electrons. The van der Waals surface area contributed by atoms with Crippen LogP contribution in [0.15, 0.2) is 30.3 Å². The van der Waals surface area contributed by atoms with Gasteiger partial charge in [0.2, 0.25) is 0 Å². The lowest BCUT2D eigenvalue weighted by atomic mass is 10.0. The van der Waals surface area contributed by atoms with Gasteiger partial charge in [-0.25, -0.2) is 0 Å². The van der Waals surface area contributed by atoms with E-state index in [9.17, 15) is 4.79 Å². The molecule has 0 aliphatic rings. The fourth-order valence-corrected chi connectivity index (χ4v) is 1.38. The molecule has 0 saturated carbocycles. The summed E-state index contributed by atoms with van der Waals surface area (Å²) in [5, 5.41) is 9.07. The van der Waals surface area contributed by atoms with E-state index in [1.54, 1.807) is 13.8 Å². The quantitative estimate of drug-likeness (QED) is 0.827. The van der Waals surface area contributed by atoms with Gasteiger partial charge in [-0.05, 0) is 32.9 Å². The van der Waals surface area contributed by atoms with Crippen molar-refractivity contribution >= 4 is 5.97 Å². The van der Waals surface area contributed by atoms with Gasteiger partial charge in [-0.1, -0.05) is 30.3 Å². The minimum atomic E-state index is -0.811. The molecule has 1 aromatic carbocycles. The van der Waals surface area contributed by atoms with E-state index in [0.717, 1.165) is 13.0 Å². The predicted octanol–water partition coefficient (Wildman–Crippen LogP) is 2.02. The summed E-state index contributed by atoms with van der Waals surface area (Å²) in [6.07, 6.45) is 0.869. The van der Waals surface area contributed by atoms with Gasteiger partial charge in [-0.15, -0.1) is 0 Å². The van der Waals surface area contributed by atoms with Crippen LogP contribution >= 0.6 is 0 Å². The lowest BCUT2D eigenvalue weighted by Crippen LogP contribution is -2.48. The number of rotatable bonds is 5. The SMILES string of the molecule is CN(CCc1ccccc1)C(C)(C)C(=O)O. The lowest BCUT2D eigenvalue weighted by molar-refractivity contribution is -0.148. The molecule has 0 heterocycles. The van der Waals surface area contributed by atoms with E-state index in [-0.39, 0.29) is 0 Å². The Balaban J connectivity index is 2.53. The van der Waals surface area contributed by atoms with Crippen molar-refractivity contribution < 1.29 is 9.90 Å². The molecule has 0 aromatic heterocycles. The molecule has 0 fully saturated rings. The molecule has 0 amide bonds. The fraction of sp³-hybridized carbons (Fsp3) is 0.462. The minimum Gasteiger partial charge on any atom is -0.480 e. The van der Waals surface area contributed by atoms with Crippen molar-refractivity contribution in [1.29, 1.82) is 0 Å². The number of carbonyl (C=O) groups is 1. The van der Waals surface area contributed by atoms with Crippen molar-refractivity contribution in [2.45, 2.75) is 25.8 Å². The van der Waals surface area contributed by atoms with Crippen LogP contribution in [0.3, 0.4) is 0 Å². The third kappa shape index (κ3) is 3.07. The Morgan fingerprint density at radius 1 is 1.31 bits per heavy atom. The van der Waals surface area contributed by atoms with Gasteiger partial charge in [0.25, 0.3) is 0 Å². The van der Waals surface area contributed by atoms with Crippen LogP contribution in [0.25, 0.3) is 0 Å². The third-order valence-electron chi connectivity index (χ3n) is 3.06. The van der Waals surface area contributed by atoms with E-state index >= 15 is 0 Å². The van der Waals surface area contributed by atoms with Crippen LogP contribution in [0.1, 0.15) is 19.4 Å². The second-order valence-corrected chi connectivity index (χ2v) is 4.52. The van der Waals surface area contributed by atoms with E-state index in [1.807, 2.05) is 30.1 Å². The molecule has 0 bridgehead atoms. The first-order chi connectivity index (χ1) is 7.44. The van der Waals surface area contributed by atoms with Crippen molar-refractivity contribution in [1.82, 2.24) is 4.90 Å². The van der Waals surface area contributed by atoms with E-state index in [4.69, 9.17) is 5.11 Å². The van der Waals surface area contributed by atoms with E-state index in [0.29, 0.717) is 0 Å². The monoisotopic (exact) mass is 221 g/mol. The molecule has 0 aliphatic carbocycles. The number of aliphatic carboxylic acids is 1. The van der Waals surface area contributed by atoms with Crippen molar-refractivity contribution in [3.63, 3.8) is 0 Å². The first kappa shape index (κ1) is 12.7. The van der Waals surface area contributed by atoms with Gasteiger partial charge in [0, 0.05) is 6.54 Å². The largest absolute Gasteiger partial charge is 0.480 e. The summed E-state index contributed by atoms with van der Waals surface area (Å²) >= 11 is 0. The summed E-state index contributed by atoms with van der Waals surface area (Å²) in [5.74, 6) is -0.789. The number of benzene rings is 1. The zero-order valence-corrected chi connectivity index (χ0v) is 10.1. The Hall–Kier alpha value is -1.35. The summed E-state index contributed by atoms with van der Waals surface area (Å²) in [6, 6.07) is 10.1. The molecule has 3 heteroatoms. The standard InChI is InChI=1S/C13H19NO2/c1-13(2,12(15)16)14(3)10-9-11-7-5-4-6-8-11/h4-8H,9-10H2,1-3H3,(H,15,16). The van der Waals surface area contributed by atoms with Crippen LogP contribution < -0.4 is 0 Å². The molecule has 3 nitrogen and oxygen atoms in total. The first-order valence-electron chi connectivity index (χ1n) is 5.43. The highest BCUT2D eigenvalue weighted by Gasteiger charge is 2.31. The highest BCUT2D eigenvalue weighted by molar-refractivity contribution is 5.77. The molecule has 0 aliphatic heterocycles. The summed E-state index contributed by atoms with van der Waals surface area (Å²) in [5.41, 5.74) is 0.421. The number of carboxylic acid groups (broad SMARTS) is 1. The van der Waals surface area contributed by atoms with Crippen molar-refractivity contribution in [2.24, 2.45) is 0 Å². The Kier molecular flexibility index (Phi) is 4.07. The molecule has 0 spiro atoms. The number of hydrogen-bond acceptors (Lipinski definition) is 2. The second kappa shape index (κ2) is 5.12. The smallest absolute Gasteiger partial charge is 0.323 e. The topological polar surface area (TPSA) is 40.5 Å². The third-order valence-corrected chi connectivity index (χ3v) is 3.06. The number of carboxylic acids is 1. The zero-order valence-electron chi connectivity index (χ0n) is 10.1. The highest BCUT2D eigenvalue weighted by Crippen LogP contribution is 2.13. The molecule has 1 N–H and O–H groups in total. The van der Waals surface area contributed by atoms with Crippen molar-refractivity contribution in [3.05, 3.63) is 35.9 Å². The fourth-order valence-electron chi connectivity index (χ4n) is 1.38. The van der Waals surface area contributed by atoms with E-state index in [2.05, 4.69) is 12.1 Å². The number of likely N-dealkylation sites (N-methyl/N-ethyl adjacent to an activating group) is 1. The maximum Gasteiger partial charge on any atom is 0.323 e. The van der Waals surface area contributed by atoms with Crippen LogP contribution in [-0.2, 0) is 11.2 Å².